The molecule has 3 aromatic rings. The van der Waals surface area contributed by atoms with Gasteiger partial charge in [-0.25, -0.2) is 4.39 Å². The molecule has 0 saturated heterocycles. The van der Waals surface area contributed by atoms with Gasteiger partial charge in [0, 0.05) is 5.56 Å². The molecule has 0 radical (unpaired) electrons. The van der Waals surface area contributed by atoms with Crippen LogP contribution in [0.25, 0.3) is 11.4 Å². The molecule has 2 heterocycles. The van der Waals surface area contributed by atoms with E-state index < -0.39 is 11.9 Å². The molecule has 1 atom stereocenters. The van der Waals surface area contributed by atoms with E-state index in [0.717, 1.165) is 5.56 Å². The first-order valence-corrected chi connectivity index (χ1v) is 7.99. The fourth-order valence-corrected chi connectivity index (χ4v) is 2.93. The molecule has 1 unspecified atom stereocenters. The second-order valence-corrected chi connectivity index (χ2v) is 5.85. The highest BCUT2D eigenvalue weighted by atomic mass is 19.1. The molecule has 7 nitrogen and oxygen atoms in total. The maximum absolute atomic E-state index is 13.8. The van der Waals surface area contributed by atoms with Crippen LogP contribution >= 0.6 is 0 Å². The van der Waals surface area contributed by atoms with Crippen LogP contribution in [-0.2, 0) is 4.79 Å². The minimum absolute atomic E-state index is 0.0471. The molecule has 0 bridgehead atoms. The Morgan fingerprint density at radius 3 is 2.65 bits per heavy atom. The zero-order valence-corrected chi connectivity index (χ0v) is 13.5. The van der Waals surface area contributed by atoms with Crippen LogP contribution in [-0.4, -0.2) is 27.0 Å². The quantitative estimate of drug-likeness (QED) is 0.672. The number of aromatic nitrogens is 3. The summed E-state index contributed by atoms with van der Waals surface area (Å²) in [5.74, 6) is -0.722. The van der Waals surface area contributed by atoms with Gasteiger partial charge >= 0.3 is 0 Å². The van der Waals surface area contributed by atoms with Crippen LogP contribution in [0.2, 0.25) is 0 Å². The van der Waals surface area contributed by atoms with Gasteiger partial charge in [-0.3, -0.25) is 20.0 Å². The topological polar surface area (TPSA) is 99.8 Å². The van der Waals surface area contributed by atoms with Crippen molar-refractivity contribution in [1.82, 2.24) is 20.5 Å². The molecule has 1 aliphatic rings. The Kier molecular flexibility index (Phi) is 3.92. The molecule has 3 N–H and O–H groups in total. The normalized spacial score (nSPS) is 15.4. The van der Waals surface area contributed by atoms with Gasteiger partial charge in [0.05, 0.1) is 18.0 Å². The molecule has 0 spiro atoms. The minimum Gasteiger partial charge on any atom is -0.345 e. The maximum Gasteiger partial charge on any atom is 0.252 e. The SMILES string of the molecule is O=C(CC1NC(=O)c2ccccc21)Nc1n[nH]c(-c2ccccc2F)n1. The fraction of sp³-hybridized carbons (Fsp3) is 0.111. The number of hydrogen-bond acceptors (Lipinski definition) is 4. The number of amides is 2. The number of nitrogens with zero attached hydrogens (tertiary/aromatic N) is 2. The number of carbonyl (C=O) groups excluding carboxylic acids is 2. The first-order valence-electron chi connectivity index (χ1n) is 7.99. The zero-order valence-electron chi connectivity index (χ0n) is 13.5. The van der Waals surface area contributed by atoms with E-state index in [1.807, 2.05) is 12.1 Å². The van der Waals surface area contributed by atoms with E-state index in [1.165, 1.54) is 6.07 Å². The Bertz CT molecular complexity index is 1000. The molecule has 4 rings (SSSR count). The van der Waals surface area contributed by atoms with Gasteiger partial charge < -0.3 is 5.32 Å². The van der Waals surface area contributed by atoms with Gasteiger partial charge in [0.1, 0.15) is 5.82 Å². The summed E-state index contributed by atoms with van der Waals surface area (Å²) in [5.41, 5.74) is 1.62. The number of H-pyrrole nitrogens is 1. The average molecular weight is 351 g/mol. The molecule has 1 aliphatic heterocycles. The van der Waals surface area contributed by atoms with E-state index in [2.05, 4.69) is 25.8 Å². The number of carbonyl (C=O) groups is 2. The van der Waals surface area contributed by atoms with Crippen molar-refractivity contribution in [2.75, 3.05) is 5.32 Å². The van der Waals surface area contributed by atoms with Gasteiger partial charge in [-0.1, -0.05) is 30.3 Å². The van der Waals surface area contributed by atoms with Gasteiger partial charge in [0.25, 0.3) is 5.91 Å². The van der Waals surface area contributed by atoms with E-state index in [9.17, 15) is 14.0 Å². The summed E-state index contributed by atoms with van der Waals surface area (Å²) in [5, 5.41) is 11.8. The van der Waals surface area contributed by atoms with Gasteiger partial charge in [-0.15, -0.1) is 5.10 Å². The predicted octanol–water partition coefficient (Wildman–Crippen LogP) is 2.42. The second-order valence-electron chi connectivity index (χ2n) is 5.85. The lowest BCUT2D eigenvalue weighted by Gasteiger charge is -2.10. The van der Waals surface area contributed by atoms with Crippen molar-refractivity contribution in [3.05, 3.63) is 65.5 Å². The third-order valence-electron chi connectivity index (χ3n) is 4.14. The van der Waals surface area contributed by atoms with Crippen molar-refractivity contribution in [2.24, 2.45) is 0 Å². The number of rotatable bonds is 4. The number of anilines is 1. The molecular weight excluding hydrogens is 337 g/mol. The summed E-state index contributed by atoms with van der Waals surface area (Å²) in [4.78, 5) is 28.3. The summed E-state index contributed by atoms with van der Waals surface area (Å²) >= 11 is 0. The Morgan fingerprint density at radius 1 is 1.12 bits per heavy atom. The van der Waals surface area contributed by atoms with E-state index in [0.29, 0.717) is 5.56 Å². The third kappa shape index (κ3) is 2.92. The van der Waals surface area contributed by atoms with Gasteiger partial charge in [0.15, 0.2) is 5.82 Å². The van der Waals surface area contributed by atoms with Crippen molar-refractivity contribution in [3.8, 4) is 11.4 Å². The van der Waals surface area contributed by atoms with E-state index >= 15 is 0 Å². The largest absolute Gasteiger partial charge is 0.345 e. The molecule has 2 amide bonds. The molecule has 130 valence electrons. The van der Waals surface area contributed by atoms with Crippen LogP contribution in [0, 0.1) is 5.82 Å². The first kappa shape index (κ1) is 15.9. The van der Waals surface area contributed by atoms with Crippen molar-refractivity contribution < 1.29 is 14.0 Å². The minimum atomic E-state index is -0.438. The lowest BCUT2D eigenvalue weighted by molar-refractivity contribution is -0.116. The molecule has 1 aromatic heterocycles. The average Bonchev–Trinajstić information content (AvgIpc) is 3.21. The van der Waals surface area contributed by atoms with E-state index in [-0.39, 0.29) is 35.6 Å². The van der Waals surface area contributed by atoms with Gasteiger partial charge in [-0.2, -0.15) is 4.98 Å². The summed E-state index contributed by atoms with van der Waals surface area (Å²) < 4.78 is 13.8. The van der Waals surface area contributed by atoms with Crippen LogP contribution in [0.1, 0.15) is 28.4 Å². The zero-order chi connectivity index (χ0) is 18.1. The van der Waals surface area contributed by atoms with Crippen molar-refractivity contribution in [1.29, 1.82) is 0 Å². The number of benzene rings is 2. The molecule has 26 heavy (non-hydrogen) atoms. The molecular formula is C18H14FN5O2. The van der Waals surface area contributed by atoms with E-state index in [4.69, 9.17) is 0 Å². The number of aromatic amines is 1. The Morgan fingerprint density at radius 2 is 1.85 bits per heavy atom. The van der Waals surface area contributed by atoms with Crippen LogP contribution < -0.4 is 10.6 Å². The highest BCUT2D eigenvalue weighted by Crippen LogP contribution is 2.27. The molecule has 0 saturated carbocycles. The third-order valence-corrected chi connectivity index (χ3v) is 4.14. The summed E-state index contributed by atoms with van der Waals surface area (Å²) in [6.45, 7) is 0. The van der Waals surface area contributed by atoms with Crippen LogP contribution in [0.15, 0.2) is 48.5 Å². The number of halogens is 1. The van der Waals surface area contributed by atoms with Crippen LogP contribution in [0.3, 0.4) is 0 Å². The summed E-state index contributed by atoms with van der Waals surface area (Å²) in [7, 11) is 0. The standard InChI is InChI=1S/C18H14FN5O2/c19-13-8-4-3-7-12(13)16-22-18(24-23-16)21-15(25)9-14-10-5-1-2-6-11(10)17(26)20-14/h1-8,14H,9H2,(H,20,26)(H2,21,22,23,24,25). The second kappa shape index (κ2) is 6.40. The monoisotopic (exact) mass is 351 g/mol. The molecule has 2 aromatic carbocycles. The Balaban J connectivity index is 1.45. The highest BCUT2D eigenvalue weighted by molar-refractivity contribution is 6.00. The van der Waals surface area contributed by atoms with Gasteiger partial charge in [-0.05, 0) is 23.8 Å². The highest BCUT2D eigenvalue weighted by Gasteiger charge is 2.29. The van der Waals surface area contributed by atoms with Gasteiger partial charge in [0.2, 0.25) is 11.9 Å². The van der Waals surface area contributed by atoms with E-state index in [1.54, 1.807) is 30.3 Å². The first-order chi connectivity index (χ1) is 12.6. The van der Waals surface area contributed by atoms with Crippen molar-refractivity contribution in [2.45, 2.75) is 12.5 Å². The van der Waals surface area contributed by atoms with Crippen molar-refractivity contribution >= 4 is 17.8 Å². The molecule has 8 heteroatoms. The van der Waals surface area contributed by atoms with Crippen molar-refractivity contribution in [3.63, 3.8) is 0 Å². The Labute approximate surface area is 147 Å². The predicted molar refractivity (Wildman–Crippen MR) is 91.7 cm³/mol. The lowest BCUT2D eigenvalue weighted by Crippen LogP contribution is -2.24. The number of nitrogens with one attached hydrogen (secondary N) is 3. The maximum atomic E-state index is 13.8. The van der Waals surface area contributed by atoms with Crippen LogP contribution in [0.5, 0.6) is 0 Å². The lowest BCUT2D eigenvalue weighted by atomic mass is 10.0. The Hall–Kier alpha value is -3.55. The fourth-order valence-electron chi connectivity index (χ4n) is 2.93. The number of hydrogen-bond donors (Lipinski definition) is 3. The molecule has 0 aliphatic carbocycles. The smallest absolute Gasteiger partial charge is 0.252 e. The summed E-state index contributed by atoms with van der Waals surface area (Å²) in [6.07, 6.45) is 0.0479. The number of fused-ring (bicyclic) bond motifs is 1. The summed E-state index contributed by atoms with van der Waals surface area (Å²) in [6, 6.07) is 12.9. The van der Waals surface area contributed by atoms with Crippen LogP contribution in [0.4, 0.5) is 10.3 Å². The molecule has 0 fully saturated rings.